The van der Waals surface area contributed by atoms with Gasteiger partial charge < -0.3 is 10.1 Å². The highest BCUT2D eigenvalue weighted by Crippen LogP contribution is 2.27. The summed E-state index contributed by atoms with van der Waals surface area (Å²) < 4.78 is 6.79. The Morgan fingerprint density at radius 1 is 1.12 bits per heavy atom. The molecule has 0 bridgehead atoms. The number of aromatic nitrogens is 2. The number of carbonyl (C=O) groups is 2. The first-order valence-electron chi connectivity index (χ1n) is 10.8. The van der Waals surface area contributed by atoms with Gasteiger partial charge in [-0.15, -0.1) is 0 Å². The third kappa shape index (κ3) is 6.33. The van der Waals surface area contributed by atoms with E-state index in [1.165, 1.54) is 6.08 Å². The molecule has 3 aromatic rings. The molecule has 33 heavy (non-hydrogen) atoms. The topological polar surface area (TPSA) is 73.2 Å². The Bertz CT molecular complexity index is 1170. The molecular formula is C26H28ClN3O3. The van der Waals surface area contributed by atoms with Crippen LogP contribution in [0.4, 0.5) is 5.69 Å². The van der Waals surface area contributed by atoms with Gasteiger partial charge in [-0.3, -0.25) is 4.79 Å². The number of nitrogens with zero attached hydrogens (tertiary/aromatic N) is 2. The lowest BCUT2D eigenvalue weighted by Crippen LogP contribution is -2.21. The molecule has 3 rings (SSSR count). The van der Waals surface area contributed by atoms with Crippen LogP contribution in [0.2, 0.25) is 5.15 Å². The maximum atomic E-state index is 12.4. The summed E-state index contributed by atoms with van der Waals surface area (Å²) in [4.78, 5) is 24.5. The van der Waals surface area contributed by atoms with Gasteiger partial charge in [0.15, 0.2) is 6.61 Å². The number of anilines is 1. The minimum absolute atomic E-state index is 0.251. The number of rotatable bonds is 8. The molecule has 0 saturated carbocycles. The molecule has 0 atom stereocenters. The third-order valence-electron chi connectivity index (χ3n) is 5.21. The lowest BCUT2D eigenvalue weighted by atomic mass is 9.98. The van der Waals surface area contributed by atoms with E-state index in [-0.39, 0.29) is 12.5 Å². The molecule has 0 saturated heterocycles. The summed E-state index contributed by atoms with van der Waals surface area (Å²) in [6, 6.07) is 15.7. The SMILES string of the molecule is Cc1cccc(C(C)C)c1NC(=O)COC(=O)/C=C/c1c(C)nn(Cc2ccccc2)c1Cl. The molecule has 0 fully saturated rings. The first-order valence-corrected chi connectivity index (χ1v) is 11.1. The van der Waals surface area contributed by atoms with Crippen LogP contribution in [0.3, 0.4) is 0 Å². The molecule has 172 valence electrons. The molecule has 0 unspecified atom stereocenters. The number of amides is 1. The number of carbonyl (C=O) groups excluding carboxylic acids is 2. The Balaban J connectivity index is 1.59. The summed E-state index contributed by atoms with van der Waals surface area (Å²) in [6.45, 7) is 8.01. The number of hydrogen-bond acceptors (Lipinski definition) is 4. The molecule has 1 amide bonds. The van der Waals surface area contributed by atoms with Crippen molar-refractivity contribution in [2.45, 2.75) is 40.2 Å². The van der Waals surface area contributed by atoms with Crippen molar-refractivity contribution in [2.24, 2.45) is 0 Å². The summed E-state index contributed by atoms with van der Waals surface area (Å²) in [5.74, 6) is -0.774. The van der Waals surface area contributed by atoms with Gasteiger partial charge in [-0.25, -0.2) is 9.48 Å². The highest BCUT2D eigenvalue weighted by molar-refractivity contribution is 6.31. The number of halogens is 1. The molecule has 0 spiro atoms. The van der Waals surface area contributed by atoms with Crippen molar-refractivity contribution in [1.82, 2.24) is 9.78 Å². The van der Waals surface area contributed by atoms with Gasteiger partial charge in [0, 0.05) is 17.3 Å². The number of esters is 1. The Hall–Kier alpha value is -3.38. The van der Waals surface area contributed by atoms with Crippen molar-refractivity contribution in [2.75, 3.05) is 11.9 Å². The fourth-order valence-electron chi connectivity index (χ4n) is 3.47. The van der Waals surface area contributed by atoms with Gasteiger partial charge in [0.1, 0.15) is 5.15 Å². The van der Waals surface area contributed by atoms with E-state index >= 15 is 0 Å². The molecule has 6 nitrogen and oxygen atoms in total. The summed E-state index contributed by atoms with van der Waals surface area (Å²) in [5, 5.41) is 7.74. The van der Waals surface area contributed by atoms with Crippen molar-refractivity contribution in [3.8, 4) is 0 Å². The van der Waals surface area contributed by atoms with Crippen molar-refractivity contribution >= 4 is 35.2 Å². The minimum Gasteiger partial charge on any atom is -0.452 e. The molecule has 7 heteroatoms. The van der Waals surface area contributed by atoms with Gasteiger partial charge in [-0.2, -0.15) is 5.10 Å². The molecule has 1 N–H and O–H groups in total. The van der Waals surface area contributed by atoms with Crippen LogP contribution in [0.1, 0.15) is 47.7 Å². The highest BCUT2D eigenvalue weighted by atomic mass is 35.5. The maximum absolute atomic E-state index is 12.4. The molecular weight excluding hydrogens is 438 g/mol. The van der Waals surface area contributed by atoms with Gasteiger partial charge in [0.2, 0.25) is 0 Å². The third-order valence-corrected chi connectivity index (χ3v) is 5.61. The van der Waals surface area contributed by atoms with Gasteiger partial charge in [0.05, 0.1) is 12.2 Å². The summed E-state index contributed by atoms with van der Waals surface area (Å²) in [7, 11) is 0. The number of ether oxygens (including phenoxy) is 1. The van der Waals surface area contributed by atoms with E-state index in [0.29, 0.717) is 23.0 Å². The van der Waals surface area contributed by atoms with Crippen LogP contribution >= 0.6 is 11.6 Å². The van der Waals surface area contributed by atoms with Gasteiger partial charge in [-0.1, -0.05) is 74.0 Å². The van der Waals surface area contributed by atoms with E-state index < -0.39 is 11.9 Å². The fourth-order valence-corrected chi connectivity index (χ4v) is 3.77. The molecule has 2 aromatic carbocycles. The number of aryl methyl sites for hydroxylation is 2. The van der Waals surface area contributed by atoms with Crippen molar-refractivity contribution in [1.29, 1.82) is 0 Å². The van der Waals surface area contributed by atoms with Crippen molar-refractivity contribution in [3.63, 3.8) is 0 Å². The van der Waals surface area contributed by atoms with Crippen molar-refractivity contribution < 1.29 is 14.3 Å². The fraction of sp³-hybridized carbons (Fsp3) is 0.269. The smallest absolute Gasteiger partial charge is 0.331 e. The highest BCUT2D eigenvalue weighted by Gasteiger charge is 2.14. The zero-order chi connectivity index (χ0) is 24.0. The van der Waals surface area contributed by atoms with Crippen LogP contribution in [0.25, 0.3) is 6.08 Å². The van der Waals surface area contributed by atoms with Crippen molar-refractivity contribution in [3.05, 3.63) is 87.7 Å². The second-order valence-electron chi connectivity index (χ2n) is 8.12. The largest absolute Gasteiger partial charge is 0.452 e. The van der Waals surface area contributed by atoms with Crippen LogP contribution in [0.5, 0.6) is 0 Å². The van der Waals surface area contributed by atoms with Crippen LogP contribution in [0.15, 0.2) is 54.6 Å². The predicted molar refractivity (Wildman–Crippen MR) is 131 cm³/mol. The monoisotopic (exact) mass is 465 g/mol. The van der Waals surface area contributed by atoms with E-state index in [9.17, 15) is 9.59 Å². The van der Waals surface area contributed by atoms with E-state index in [1.807, 2.05) is 62.4 Å². The summed E-state index contributed by atoms with van der Waals surface area (Å²) >= 11 is 6.47. The summed E-state index contributed by atoms with van der Waals surface area (Å²) in [5.41, 5.74) is 5.15. The van der Waals surface area contributed by atoms with Gasteiger partial charge >= 0.3 is 5.97 Å². The molecule has 0 radical (unpaired) electrons. The lowest BCUT2D eigenvalue weighted by molar-refractivity contribution is -0.142. The second kappa shape index (κ2) is 11.0. The average Bonchev–Trinajstić information content (AvgIpc) is 3.05. The summed E-state index contributed by atoms with van der Waals surface area (Å²) in [6.07, 6.45) is 2.81. The zero-order valence-corrected chi connectivity index (χ0v) is 20.0. The average molecular weight is 466 g/mol. The van der Waals surface area contributed by atoms with Crippen LogP contribution in [-0.4, -0.2) is 28.3 Å². The standard InChI is InChI=1S/C26H28ClN3O3/c1-17(2)21-12-8-9-18(3)25(21)28-23(31)16-33-24(32)14-13-22-19(4)29-30(26(22)27)15-20-10-6-5-7-11-20/h5-14,17H,15-16H2,1-4H3,(H,28,31)/b14-13+. The number of nitrogens with one attached hydrogen (secondary N) is 1. The van der Waals surface area contributed by atoms with Crippen LogP contribution in [0, 0.1) is 13.8 Å². The van der Waals surface area contributed by atoms with Gasteiger partial charge in [-0.05, 0) is 42.5 Å². The second-order valence-corrected chi connectivity index (χ2v) is 8.47. The predicted octanol–water partition coefficient (Wildman–Crippen LogP) is 5.52. The van der Waals surface area contributed by atoms with E-state index in [4.69, 9.17) is 16.3 Å². The molecule has 0 aliphatic rings. The Kier molecular flexibility index (Phi) is 8.06. The lowest BCUT2D eigenvalue weighted by Gasteiger charge is -2.16. The van der Waals surface area contributed by atoms with E-state index in [2.05, 4.69) is 24.3 Å². The molecule has 0 aliphatic heterocycles. The van der Waals surface area contributed by atoms with Crippen LogP contribution in [-0.2, 0) is 20.9 Å². The van der Waals surface area contributed by atoms with Crippen LogP contribution < -0.4 is 5.32 Å². The number of para-hydroxylation sites is 1. The van der Waals surface area contributed by atoms with E-state index in [0.717, 1.165) is 22.4 Å². The quantitative estimate of drug-likeness (QED) is 0.351. The number of hydrogen-bond donors (Lipinski definition) is 1. The normalized spacial score (nSPS) is 11.2. The maximum Gasteiger partial charge on any atom is 0.331 e. The Morgan fingerprint density at radius 2 is 1.85 bits per heavy atom. The Morgan fingerprint density at radius 3 is 2.55 bits per heavy atom. The molecule has 1 heterocycles. The minimum atomic E-state index is -0.634. The van der Waals surface area contributed by atoms with E-state index in [1.54, 1.807) is 10.8 Å². The molecule has 1 aromatic heterocycles. The van der Waals surface area contributed by atoms with Gasteiger partial charge in [0.25, 0.3) is 5.91 Å². The zero-order valence-electron chi connectivity index (χ0n) is 19.3. The first kappa shape index (κ1) is 24.3. The molecule has 0 aliphatic carbocycles. The number of benzene rings is 2. The Labute approximate surface area is 199 Å². The first-order chi connectivity index (χ1) is 15.8.